The van der Waals surface area contributed by atoms with Crippen molar-refractivity contribution in [2.75, 3.05) is 13.1 Å². The molecule has 8 nitrogen and oxygen atoms in total. The number of piperidine rings is 1. The Hall–Kier alpha value is -2.91. The molecular weight excluding hydrogens is 428 g/mol. The Balaban J connectivity index is 1.23. The Kier molecular flexibility index (Phi) is 6.76. The summed E-state index contributed by atoms with van der Waals surface area (Å²) in [4.78, 5) is 26.0. The van der Waals surface area contributed by atoms with Gasteiger partial charge in [0.1, 0.15) is 18.0 Å². The first-order chi connectivity index (χ1) is 15.4. The van der Waals surface area contributed by atoms with E-state index >= 15 is 0 Å². The lowest BCUT2D eigenvalue weighted by Gasteiger charge is -2.30. The molecule has 1 aliphatic rings. The number of hydrogen-bond donors (Lipinski definition) is 0. The number of imidazole rings is 1. The van der Waals surface area contributed by atoms with Crippen LogP contribution in [0.15, 0.2) is 48.4 Å². The monoisotopic (exact) mass is 456 g/mol. The summed E-state index contributed by atoms with van der Waals surface area (Å²) in [6, 6.07) is 7.89. The van der Waals surface area contributed by atoms with Crippen LogP contribution in [0.3, 0.4) is 0 Å². The Bertz CT molecular complexity index is 1000. The summed E-state index contributed by atoms with van der Waals surface area (Å²) < 4.78 is 13.1. The highest BCUT2D eigenvalue weighted by Crippen LogP contribution is 2.31. The van der Waals surface area contributed by atoms with E-state index in [0.29, 0.717) is 25.6 Å². The maximum atomic E-state index is 11.8. The van der Waals surface area contributed by atoms with Crippen LogP contribution in [0.1, 0.15) is 50.2 Å². The highest BCUT2D eigenvalue weighted by molar-refractivity contribution is 7.09. The van der Waals surface area contributed by atoms with Crippen molar-refractivity contribution in [3.8, 4) is 11.4 Å². The quantitative estimate of drug-likeness (QED) is 0.485. The van der Waals surface area contributed by atoms with Gasteiger partial charge < -0.3 is 18.9 Å². The number of thiazole rings is 1. The summed E-state index contributed by atoms with van der Waals surface area (Å²) in [6.45, 7) is 7.22. The number of aromatic nitrogens is 3. The van der Waals surface area contributed by atoms with E-state index in [1.807, 2.05) is 55.8 Å². The lowest BCUT2D eigenvalue weighted by Crippen LogP contribution is -2.37. The van der Waals surface area contributed by atoms with Gasteiger partial charge in [0.15, 0.2) is 0 Å². The van der Waals surface area contributed by atoms with Gasteiger partial charge in [0.2, 0.25) is 0 Å². The lowest BCUT2D eigenvalue weighted by molar-refractivity contribution is -0.152. The molecular formula is C23H28N4O4S. The third kappa shape index (κ3) is 6.08. The smallest absolute Gasteiger partial charge is 0.487 e. The van der Waals surface area contributed by atoms with E-state index in [9.17, 15) is 4.79 Å². The van der Waals surface area contributed by atoms with Crippen LogP contribution in [-0.4, -0.2) is 44.4 Å². The third-order valence-electron chi connectivity index (χ3n) is 4.99. The van der Waals surface area contributed by atoms with Gasteiger partial charge in [-0.25, -0.2) is 14.8 Å². The highest BCUT2D eigenvalue weighted by Gasteiger charge is 2.27. The van der Waals surface area contributed by atoms with Gasteiger partial charge in [0.25, 0.3) is 0 Å². The minimum atomic E-state index is -0.650. The molecule has 0 N–H and O–H groups in total. The van der Waals surface area contributed by atoms with Gasteiger partial charge in [-0.05, 0) is 57.9 Å². The molecule has 0 amide bonds. The van der Waals surface area contributed by atoms with Crippen LogP contribution >= 0.6 is 11.3 Å². The van der Waals surface area contributed by atoms with Crippen molar-refractivity contribution in [3.05, 3.63) is 59.1 Å². The molecule has 1 aliphatic heterocycles. The second kappa shape index (κ2) is 9.70. The average molecular weight is 457 g/mol. The first-order valence-electron chi connectivity index (χ1n) is 10.7. The highest BCUT2D eigenvalue weighted by atomic mass is 32.1. The fourth-order valence-corrected chi connectivity index (χ4v) is 4.40. The predicted molar refractivity (Wildman–Crippen MR) is 121 cm³/mol. The molecule has 3 aromatic rings. The van der Waals surface area contributed by atoms with Crippen molar-refractivity contribution >= 4 is 17.5 Å². The van der Waals surface area contributed by atoms with Crippen LogP contribution in [0.2, 0.25) is 0 Å². The van der Waals surface area contributed by atoms with Gasteiger partial charge in [-0.15, -0.1) is 16.4 Å². The van der Waals surface area contributed by atoms with Crippen molar-refractivity contribution in [2.45, 2.75) is 51.7 Å². The second-order valence-corrected chi connectivity index (χ2v) is 9.58. The van der Waals surface area contributed by atoms with E-state index < -0.39 is 11.8 Å². The number of ether oxygens (including phenoxy) is 2. The number of hydroxylamine groups is 2. The van der Waals surface area contributed by atoms with Gasteiger partial charge in [0.05, 0.1) is 17.0 Å². The van der Waals surface area contributed by atoms with Crippen LogP contribution in [0.25, 0.3) is 5.69 Å². The summed E-state index contributed by atoms with van der Waals surface area (Å²) >= 11 is 1.66. The number of hydrogen-bond acceptors (Lipinski definition) is 8. The summed E-state index contributed by atoms with van der Waals surface area (Å²) in [5.74, 6) is 1.16. The molecule has 3 heterocycles. The molecule has 0 atom stereocenters. The largest absolute Gasteiger partial charge is 0.528 e. The lowest BCUT2D eigenvalue weighted by atomic mass is 9.99. The third-order valence-corrected chi connectivity index (χ3v) is 6.05. The van der Waals surface area contributed by atoms with Gasteiger partial charge in [-0.2, -0.15) is 0 Å². The van der Waals surface area contributed by atoms with Gasteiger partial charge in [-0.3, -0.25) is 0 Å². The molecule has 0 aliphatic carbocycles. The standard InChI is InChI=1S/C23H28N4O4S/c1-23(2,3)30-22(28)31-27-11-8-17(9-12-27)21-25-18(15-32-21)14-29-20-6-4-19(5-7-20)26-13-10-24-16-26/h4-7,10,13,15-17H,8-9,11-12,14H2,1-3H3. The fourth-order valence-electron chi connectivity index (χ4n) is 3.43. The molecule has 0 saturated carbocycles. The Morgan fingerprint density at radius 3 is 2.59 bits per heavy atom. The summed E-state index contributed by atoms with van der Waals surface area (Å²) in [7, 11) is 0. The number of rotatable bonds is 6. The maximum Gasteiger partial charge on any atom is 0.528 e. The van der Waals surface area contributed by atoms with Crippen LogP contribution in [-0.2, 0) is 16.2 Å². The molecule has 0 bridgehead atoms. The first kappa shape index (κ1) is 22.3. The molecule has 9 heteroatoms. The topological polar surface area (TPSA) is 78.7 Å². The van der Waals surface area contributed by atoms with Gasteiger partial charge in [-0.1, -0.05) is 0 Å². The van der Waals surface area contributed by atoms with Gasteiger partial charge >= 0.3 is 6.16 Å². The van der Waals surface area contributed by atoms with E-state index in [4.69, 9.17) is 19.3 Å². The van der Waals surface area contributed by atoms with Crippen molar-refractivity contribution in [3.63, 3.8) is 0 Å². The molecule has 4 rings (SSSR count). The SMILES string of the molecule is CC(C)(C)OC(=O)ON1CCC(c2nc(COc3ccc(-n4ccnc4)cc3)cs2)CC1. The Labute approximate surface area is 191 Å². The predicted octanol–water partition coefficient (Wildman–Crippen LogP) is 4.95. The van der Waals surface area contributed by atoms with E-state index in [2.05, 4.69) is 10.4 Å². The molecule has 32 heavy (non-hydrogen) atoms. The summed E-state index contributed by atoms with van der Waals surface area (Å²) in [5.41, 5.74) is 1.40. The average Bonchev–Trinajstić information content (AvgIpc) is 3.44. The normalized spacial score (nSPS) is 15.5. The van der Waals surface area contributed by atoms with E-state index in [0.717, 1.165) is 35.0 Å². The zero-order valence-electron chi connectivity index (χ0n) is 18.6. The Morgan fingerprint density at radius 2 is 1.94 bits per heavy atom. The zero-order chi connectivity index (χ0) is 22.6. The van der Waals surface area contributed by atoms with Crippen LogP contribution < -0.4 is 4.74 Å². The van der Waals surface area contributed by atoms with Crippen molar-refractivity contribution in [2.24, 2.45) is 0 Å². The second-order valence-electron chi connectivity index (χ2n) is 8.69. The summed E-state index contributed by atoms with van der Waals surface area (Å²) in [6.07, 6.45) is 6.53. The van der Waals surface area contributed by atoms with Crippen molar-refractivity contribution in [1.82, 2.24) is 19.6 Å². The first-order valence-corrected chi connectivity index (χ1v) is 11.5. The number of carbonyl (C=O) groups excluding carboxylic acids is 1. The number of benzene rings is 1. The zero-order valence-corrected chi connectivity index (χ0v) is 19.4. The molecule has 1 aromatic carbocycles. The minimum Gasteiger partial charge on any atom is -0.487 e. The van der Waals surface area contributed by atoms with Crippen LogP contribution in [0, 0.1) is 0 Å². The molecule has 0 spiro atoms. The number of nitrogens with zero attached hydrogens (tertiary/aromatic N) is 4. The van der Waals surface area contributed by atoms with Crippen molar-refractivity contribution < 1.29 is 19.1 Å². The van der Waals surface area contributed by atoms with Crippen LogP contribution in [0.5, 0.6) is 5.75 Å². The van der Waals surface area contributed by atoms with Crippen molar-refractivity contribution in [1.29, 1.82) is 0 Å². The molecule has 1 fully saturated rings. The molecule has 1 saturated heterocycles. The van der Waals surface area contributed by atoms with E-state index in [-0.39, 0.29) is 0 Å². The van der Waals surface area contributed by atoms with Gasteiger partial charge in [0, 0.05) is 42.5 Å². The minimum absolute atomic E-state index is 0.363. The fraction of sp³-hybridized carbons (Fsp3) is 0.435. The van der Waals surface area contributed by atoms with E-state index in [1.54, 1.807) is 28.9 Å². The maximum absolute atomic E-state index is 11.8. The summed E-state index contributed by atoms with van der Waals surface area (Å²) in [5, 5.41) is 4.84. The number of carbonyl (C=O) groups is 1. The molecule has 170 valence electrons. The van der Waals surface area contributed by atoms with E-state index in [1.165, 1.54) is 0 Å². The molecule has 2 aromatic heterocycles. The van der Waals surface area contributed by atoms with Crippen LogP contribution in [0.4, 0.5) is 4.79 Å². The molecule has 0 radical (unpaired) electrons. The molecule has 0 unspecified atom stereocenters. The Morgan fingerprint density at radius 1 is 1.19 bits per heavy atom.